The maximum atomic E-state index is 12.6. The third-order valence-electron chi connectivity index (χ3n) is 6.12. The summed E-state index contributed by atoms with van der Waals surface area (Å²) in [5.74, 6) is -0.124. The highest BCUT2D eigenvalue weighted by Crippen LogP contribution is 2.30. The van der Waals surface area contributed by atoms with Crippen molar-refractivity contribution in [2.45, 2.75) is 58.4 Å². The van der Waals surface area contributed by atoms with Gasteiger partial charge in [0.2, 0.25) is 5.91 Å². The number of ether oxygens (including phenoxy) is 3. The second-order valence-corrected chi connectivity index (χ2v) is 8.91. The molecule has 0 aliphatic heterocycles. The molecular formula is C28H33NO7. The van der Waals surface area contributed by atoms with Crippen molar-refractivity contribution < 1.29 is 33.4 Å². The third kappa shape index (κ3) is 7.41. The Hall–Kier alpha value is -3.68. The fourth-order valence-electron chi connectivity index (χ4n) is 3.82. The van der Waals surface area contributed by atoms with Crippen molar-refractivity contribution in [3.8, 4) is 11.5 Å². The Kier molecular flexibility index (Phi) is 9.22. The van der Waals surface area contributed by atoms with Gasteiger partial charge in [-0.3, -0.25) is 14.4 Å². The van der Waals surface area contributed by atoms with Crippen LogP contribution in [0, 0.1) is 5.92 Å². The predicted octanol–water partition coefficient (Wildman–Crippen LogP) is 4.40. The van der Waals surface area contributed by atoms with Crippen LogP contribution in [0.2, 0.25) is 0 Å². The zero-order valence-electron chi connectivity index (χ0n) is 21.0. The summed E-state index contributed by atoms with van der Waals surface area (Å²) in [6, 6.07) is 14.1. The van der Waals surface area contributed by atoms with Gasteiger partial charge in [-0.15, -0.1) is 0 Å². The molecule has 1 atom stereocenters. The van der Waals surface area contributed by atoms with Gasteiger partial charge in [-0.25, -0.2) is 4.79 Å². The normalized spacial score (nSPS) is 14.3. The van der Waals surface area contributed by atoms with Crippen molar-refractivity contribution >= 4 is 23.6 Å². The molecule has 36 heavy (non-hydrogen) atoms. The zero-order chi connectivity index (χ0) is 26.1. The van der Waals surface area contributed by atoms with Gasteiger partial charge in [-0.05, 0) is 81.0 Å². The number of carbonyl (C=O) groups is 4. The molecule has 1 amide bonds. The quantitative estimate of drug-likeness (QED) is 0.324. The fraction of sp³-hybridized carbons (Fsp3) is 0.429. The Bertz CT molecular complexity index is 1070. The van der Waals surface area contributed by atoms with E-state index >= 15 is 0 Å². The number of esters is 2. The van der Waals surface area contributed by atoms with Gasteiger partial charge >= 0.3 is 11.9 Å². The smallest absolute Gasteiger partial charge is 0.331 e. The number of Topliss-reactive ketones (excluding diaryl/α,β-unsaturated/α-hetero) is 1. The number of carbonyl (C=O) groups excluding carboxylic acids is 4. The number of ketones is 1. The molecule has 2 aromatic rings. The van der Waals surface area contributed by atoms with E-state index in [0.717, 1.165) is 18.4 Å². The number of benzene rings is 2. The monoisotopic (exact) mass is 495 g/mol. The minimum Gasteiger partial charge on any atom is -0.464 e. The molecule has 192 valence electrons. The molecule has 1 fully saturated rings. The summed E-state index contributed by atoms with van der Waals surface area (Å²) in [6.45, 7) is 4.97. The third-order valence-corrected chi connectivity index (χ3v) is 6.12. The number of nitrogens with one attached hydrogen (secondary N) is 1. The lowest BCUT2D eigenvalue weighted by Gasteiger charge is -2.31. The van der Waals surface area contributed by atoms with Gasteiger partial charge in [0, 0.05) is 12.5 Å². The average molecular weight is 496 g/mol. The molecule has 8 heteroatoms. The highest BCUT2D eigenvalue weighted by atomic mass is 16.5. The number of hydrogen-bond acceptors (Lipinski definition) is 7. The molecule has 0 saturated heterocycles. The first-order chi connectivity index (χ1) is 17.3. The second kappa shape index (κ2) is 12.3. The van der Waals surface area contributed by atoms with Crippen LogP contribution >= 0.6 is 0 Å². The summed E-state index contributed by atoms with van der Waals surface area (Å²) in [4.78, 5) is 48.1. The van der Waals surface area contributed by atoms with Crippen molar-refractivity contribution in [1.82, 2.24) is 5.32 Å². The Morgan fingerprint density at radius 1 is 0.917 bits per heavy atom. The van der Waals surface area contributed by atoms with Crippen LogP contribution in [0.15, 0.2) is 48.5 Å². The molecule has 1 aliphatic carbocycles. The van der Waals surface area contributed by atoms with Crippen LogP contribution in [0.3, 0.4) is 0 Å². The first kappa shape index (κ1) is 26.9. The van der Waals surface area contributed by atoms with Crippen molar-refractivity contribution in [1.29, 1.82) is 0 Å². The van der Waals surface area contributed by atoms with Gasteiger partial charge in [0.05, 0.1) is 12.5 Å². The van der Waals surface area contributed by atoms with Crippen LogP contribution in [-0.4, -0.2) is 42.4 Å². The molecule has 1 saturated carbocycles. The van der Waals surface area contributed by atoms with Crippen LogP contribution in [0.25, 0.3) is 0 Å². The summed E-state index contributed by atoms with van der Waals surface area (Å²) in [6.07, 6.45) is 3.07. The molecule has 0 heterocycles. The lowest BCUT2D eigenvalue weighted by molar-refractivity contribution is -0.153. The Morgan fingerprint density at radius 3 is 2.06 bits per heavy atom. The van der Waals surface area contributed by atoms with Crippen LogP contribution < -0.4 is 10.1 Å². The van der Waals surface area contributed by atoms with E-state index in [9.17, 15) is 19.2 Å². The van der Waals surface area contributed by atoms with Crippen LogP contribution in [0.1, 0.15) is 62.4 Å². The predicted molar refractivity (Wildman–Crippen MR) is 133 cm³/mol. The fourth-order valence-corrected chi connectivity index (χ4v) is 3.82. The maximum absolute atomic E-state index is 12.6. The Morgan fingerprint density at radius 2 is 1.53 bits per heavy atom. The standard InChI is InChI=1S/C28H33NO7/c1-4-28(29-19(3)30,27(33)34-5-2)17-16-20-6-12-23(13-7-20)36-24-14-10-21(11-15-24)25(31)18-35-26(32)22-8-9-22/h6-7,10-15,22H,4-5,8-9,16-18H2,1-3H3,(H,29,30). The summed E-state index contributed by atoms with van der Waals surface area (Å²) < 4.78 is 16.1. The minimum absolute atomic E-state index is 0.0380. The van der Waals surface area contributed by atoms with Crippen LogP contribution in [-0.2, 0) is 30.3 Å². The average Bonchev–Trinajstić information content (AvgIpc) is 3.72. The van der Waals surface area contributed by atoms with E-state index in [2.05, 4.69) is 5.32 Å². The molecular weight excluding hydrogens is 462 g/mol. The summed E-state index contributed by atoms with van der Waals surface area (Å²) in [5, 5.41) is 2.79. The summed E-state index contributed by atoms with van der Waals surface area (Å²) >= 11 is 0. The van der Waals surface area contributed by atoms with Crippen molar-refractivity contribution in [2.24, 2.45) is 5.92 Å². The number of aryl methyl sites for hydroxylation is 1. The van der Waals surface area contributed by atoms with Gasteiger partial charge < -0.3 is 19.5 Å². The lowest BCUT2D eigenvalue weighted by atomic mass is 9.88. The SMILES string of the molecule is CCOC(=O)C(CC)(CCc1ccc(Oc2ccc(C(=O)COC(=O)C3CC3)cc2)cc1)NC(C)=O. The van der Waals surface area contributed by atoms with Gasteiger partial charge in [-0.1, -0.05) is 19.1 Å². The lowest BCUT2D eigenvalue weighted by Crippen LogP contribution is -2.54. The van der Waals surface area contributed by atoms with Crippen LogP contribution in [0.4, 0.5) is 0 Å². The van der Waals surface area contributed by atoms with E-state index in [4.69, 9.17) is 14.2 Å². The maximum Gasteiger partial charge on any atom is 0.331 e. The molecule has 8 nitrogen and oxygen atoms in total. The summed E-state index contributed by atoms with van der Waals surface area (Å²) in [7, 11) is 0. The Labute approximate surface area is 211 Å². The van der Waals surface area contributed by atoms with Crippen molar-refractivity contribution in [2.75, 3.05) is 13.2 Å². The molecule has 0 radical (unpaired) electrons. The zero-order valence-corrected chi connectivity index (χ0v) is 21.0. The van der Waals surface area contributed by atoms with E-state index in [1.807, 2.05) is 31.2 Å². The van der Waals surface area contributed by atoms with Gasteiger partial charge in [0.25, 0.3) is 0 Å². The first-order valence-electron chi connectivity index (χ1n) is 12.3. The molecule has 1 unspecified atom stereocenters. The van der Waals surface area contributed by atoms with Crippen LogP contribution in [0.5, 0.6) is 11.5 Å². The Balaban J connectivity index is 1.55. The molecule has 0 bridgehead atoms. The highest BCUT2D eigenvalue weighted by molar-refractivity contribution is 5.98. The molecule has 2 aromatic carbocycles. The number of amides is 1. The molecule has 0 spiro atoms. The molecule has 1 aliphatic rings. The van der Waals surface area contributed by atoms with E-state index in [1.54, 1.807) is 31.2 Å². The number of hydrogen-bond donors (Lipinski definition) is 1. The van der Waals surface area contributed by atoms with E-state index in [1.165, 1.54) is 6.92 Å². The van der Waals surface area contributed by atoms with Crippen molar-refractivity contribution in [3.05, 3.63) is 59.7 Å². The topological polar surface area (TPSA) is 108 Å². The molecule has 1 N–H and O–H groups in total. The number of rotatable bonds is 13. The van der Waals surface area contributed by atoms with E-state index < -0.39 is 11.5 Å². The van der Waals surface area contributed by atoms with Gasteiger partial charge in [0.15, 0.2) is 12.4 Å². The second-order valence-electron chi connectivity index (χ2n) is 8.91. The van der Waals surface area contributed by atoms with Crippen molar-refractivity contribution in [3.63, 3.8) is 0 Å². The largest absolute Gasteiger partial charge is 0.464 e. The van der Waals surface area contributed by atoms with E-state index in [-0.39, 0.29) is 36.8 Å². The van der Waals surface area contributed by atoms with E-state index in [0.29, 0.717) is 36.3 Å². The summed E-state index contributed by atoms with van der Waals surface area (Å²) in [5.41, 5.74) is 0.366. The first-order valence-corrected chi connectivity index (χ1v) is 12.3. The molecule has 0 aromatic heterocycles. The van der Waals surface area contributed by atoms with Gasteiger partial charge in [-0.2, -0.15) is 0 Å². The molecule has 3 rings (SSSR count). The minimum atomic E-state index is -1.06. The highest BCUT2D eigenvalue weighted by Gasteiger charge is 2.38. The van der Waals surface area contributed by atoms with Gasteiger partial charge in [0.1, 0.15) is 17.0 Å².